The van der Waals surface area contributed by atoms with Crippen LogP contribution in [0.4, 0.5) is 5.69 Å². The van der Waals surface area contributed by atoms with Crippen LogP contribution in [0.15, 0.2) is 52.1 Å². The summed E-state index contributed by atoms with van der Waals surface area (Å²) >= 11 is 1.15. The van der Waals surface area contributed by atoms with Crippen LogP contribution < -0.4 is 9.04 Å². The summed E-state index contributed by atoms with van der Waals surface area (Å²) in [4.78, 5) is 24.4. The summed E-state index contributed by atoms with van der Waals surface area (Å²) in [7, 11) is -2.16. The van der Waals surface area contributed by atoms with Crippen molar-refractivity contribution in [3.05, 3.63) is 64.8 Å². The Morgan fingerprint density at radius 3 is 2.36 bits per heavy atom. The molecule has 0 saturated carbocycles. The number of Topliss-reactive ketones (excluding diaryl/α,β-unsaturated/α-hetero) is 1. The molecule has 0 amide bonds. The molecule has 0 N–H and O–H groups in total. The van der Waals surface area contributed by atoms with E-state index in [0.29, 0.717) is 17.0 Å². The monoisotopic (exact) mass is 490 g/mol. The Morgan fingerprint density at radius 1 is 1.09 bits per heavy atom. The van der Waals surface area contributed by atoms with Crippen molar-refractivity contribution in [2.24, 2.45) is 0 Å². The Balaban J connectivity index is 1.52. The number of aromatic nitrogens is 1. The van der Waals surface area contributed by atoms with E-state index in [1.54, 1.807) is 47.8 Å². The van der Waals surface area contributed by atoms with Crippen molar-refractivity contribution in [1.29, 1.82) is 0 Å². The van der Waals surface area contributed by atoms with Gasteiger partial charge in [0, 0.05) is 30.5 Å². The lowest BCUT2D eigenvalue weighted by atomic mass is 10.1. The fraction of sp³-hybridized carbons (Fsp3) is 0.304. The van der Waals surface area contributed by atoms with Crippen LogP contribution >= 0.6 is 11.3 Å². The van der Waals surface area contributed by atoms with Crippen LogP contribution in [0.25, 0.3) is 0 Å². The Bertz CT molecular complexity index is 1230. The zero-order valence-corrected chi connectivity index (χ0v) is 20.5. The summed E-state index contributed by atoms with van der Waals surface area (Å²) < 4.78 is 39.1. The molecular weight excluding hydrogens is 464 g/mol. The third-order valence-electron chi connectivity index (χ3n) is 5.22. The number of carbonyl (C=O) groups excluding carboxylic acids is 2. The lowest BCUT2D eigenvalue weighted by molar-refractivity contribution is -0.144. The number of aryl methyl sites for hydroxylation is 1. The molecular formula is C23H26N2O6S2. The Morgan fingerprint density at radius 2 is 1.79 bits per heavy atom. The van der Waals surface area contributed by atoms with Gasteiger partial charge in [-0.25, -0.2) is 13.2 Å². The van der Waals surface area contributed by atoms with Gasteiger partial charge in [-0.1, -0.05) is 6.07 Å². The molecule has 0 spiro atoms. The molecule has 0 aliphatic carbocycles. The summed E-state index contributed by atoms with van der Waals surface area (Å²) in [5, 5.41) is 1.70. The number of anilines is 1. The first-order valence-electron chi connectivity index (χ1n) is 10.3. The summed E-state index contributed by atoms with van der Waals surface area (Å²) in [6.45, 7) is 5.81. The lowest BCUT2D eigenvalue weighted by Crippen LogP contribution is -2.25. The van der Waals surface area contributed by atoms with Crippen LogP contribution in [0.2, 0.25) is 0 Å². The topological polar surface area (TPSA) is 94.9 Å². The highest BCUT2D eigenvalue weighted by Gasteiger charge is 2.22. The lowest BCUT2D eigenvalue weighted by Gasteiger charge is -2.18. The minimum Gasteiger partial charge on any atom is -0.482 e. The highest BCUT2D eigenvalue weighted by molar-refractivity contribution is 7.94. The number of ketones is 1. The van der Waals surface area contributed by atoms with Crippen molar-refractivity contribution >= 4 is 38.8 Å². The number of ether oxygens (including phenoxy) is 2. The minimum absolute atomic E-state index is 0.249. The Labute approximate surface area is 197 Å². The SMILES string of the molecule is CCn1c(C)cc(C(=O)COC(=O)COc2ccc(N(C)S(=O)(=O)c3cccs3)cc2)c1C. The Kier molecular flexibility index (Phi) is 7.60. The van der Waals surface area contributed by atoms with Gasteiger partial charge in [-0.2, -0.15) is 0 Å². The molecule has 0 aliphatic heterocycles. The molecule has 2 aromatic heterocycles. The second kappa shape index (κ2) is 10.2. The van der Waals surface area contributed by atoms with Crippen LogP contribution in [0, 0.1) is 13.8 Å². The van der Waals surface area contributed by atoms with E-state index in [0.717, 1.165) is 29.3 Å². The van der Waals surface area contributed by atoms with E-state index in [1.807, 2.05) is 25.3 Å². The molecule has 8 nitrogen and oxygen atoms in total. The minimum atomic E-state index is -3.63. The summed E-state index contributed by atoms with van der Waals surface area (Å²) in [5.41, 5.74) is 2.82. The van der Waals surface area contributed by atoms with E-state index >= 15 is 0 Å². The highest BCUT2D eigenvalue weighted by Crippen LogP contribution is 2.26. The van der Waals surface area contributed by atoms with Crippen LogP contribution in [-0.4, -0.2) is 45.0 Å². The van der Waals surface area contributed by atoms with Crippen molar-refractivity contribution in [3.8, 4) is 5.75 Å². The number of benzene rings is 1. The number of sulfonamides is 1. The van der Waals surface area contributed by atoms with Crippen molar-refractivity contribution < 1.29 is 27.5 Å². The standard InChI is InChI=1S/C23H26N2O6S2/c1-5-25-16(2)13-20(17(25)3)21(26)14-31-22(27)15-30-19-10-8-18(9-11-19)24(4)33(28,29)23-7-6-12-32-23/h6-13H,5,14-15H2,1-4H3. The molecule has 2 heterocycles. The van der Waals surface area contributed by atoms with Crippen LogP contribution in [0.5, 0.6) is 5.75 Å². The predicted octanol–water partition coefficient (Wildman–Crippen LogP) is 3.82. The van der Waals surface area contributed by atoms with Crippen LogP contribution in [-0.2, 0) is 26.1 Å². The summed E-state index contributed by atoms with van der Waals surface area (Å²) in [6.07, 6.45) is 0. The second-order valence-corrected chi connectivity index (χ2v) is 10.4. The molecule has 0 unspecified atom stereocenters. The number of carbonyl (C=O) groups is 2. The van der Waals surface area contributed by atoms with Crippen molar-refractivity contribution in [1.82, 2.24) is 4.57 Å². The fourth-order valence-corrected chi connectivity index (χ4v) is 5.77. The van der Waals surface area contributed by atoms with Crippen LogP contribution in [0.1, 0.15) is 28.7 Å². The third kappa shape index (κ3) is 5.45. The van der Waals surface area contributed by atoms with Gasteiger partial charge < -0.3 is 14.0 Å². The van der Waals surface area contributed by atoms with E-state index in [1.165, 1.54) is 11.4 Å². The number of rotatable bonds is 10. The van der Waals surface area contributed by atoms with E-state index < -0.39 is 16.0 Å². The number of hydrogen-bond acceptors (Lipinski definition) is 7. The van der Waals surface area contributed by atoms with Gasteiger partial charge in [0.2, 0.25) is 5.78 Å². The molecule has 0 bridgehead atoms. The van der Waals surface area contributed by atoms with Gasteiger partial charge in [0.25, 0.3) is 10.0 Å². The number of hydrogen-bond donors (Lipinski definition) is 0. The van der Waals surface area contributed by atoms with Gasteiger partial charge in [-0.05, 0) is 62.5 Å². The fourth-order valence-electron chi connectivity index (χ4n) is 3.41. The number of nitrogens with zero attached hydrogens (tertiary/aromatic N) is 2. The zero-order valence-electron chi connectivity index (χ0n) is 18.9. The molecule has 3 aromatic rings. The molecule has 33 heavy (non-hydrogen) atoms. The van der Waals surface area contributed by atoms with Gasteiger partial charge in [0.1, 0.15) is 9.96 Å². The number of esters is 1. The first kappa shape index (κ1) is 24.5. The van der Waals surface area contributed by atoms with Crippen molar-refractivity contribution in [2.45, 2.75) is 31.5 Å². The van der Waals surface area contributed by atoms with E-state index in [-0.39, 0.29) is 23.2 Å². The molecule has 10 heteroatoms. The highest BCUT2D eigenvalue weighted by atomic mass is 32.2. The molecule has 0 saturated heterocycles. The molecule has 0 radical (unpaired) electrons. The Hall–Kier alpha value is -3.11. The van der Waals surface area contributed by atoms with Gasteiger partial charge in [0.05, 0.1) is 5.69 Å². The average molecular weight is 491 g/mol. The molecule has 176 valence electrons. The van der Waals surface area contributed by atoms with E-state index in [4.69, 9.17) is 9.47 Å². The number of thiophene rings is 1. The smallest absolute Gasteiger partial charge is 0.344 e. The quantitative estimate of drug-likeness (QED) is 0.317. The molecule has 1 aromatic carbocycles. The first-order chi connectivity index (χ1) is 15.6. The summed E-state index contributed by atoms with van der Waals surface area (Å²) in [5.74, 6) is -0.569. The van der Waals surface area contributed by atoms with Crippen LogP contribution in [0.3, 0.4) is 0 Å². The second-order valence-electron chi connectivity index (χ2n) is 7.30. The average Bonchev–Trinajstić information content (AvgIpc) is 3.44. The van der Waals surface area contributed by atoms with E-state index in [9.17, 15) is 18.0 Å². The third-order valence-corrected chi connectivity index (χ3v) is 8.38. The zero-order chi connectivity index (χ0) is 24.2. The van der Waals surface area contributed by atoms with Crippen molar-refractivity contribution in [2.75, 3.05) is 24.6 Å². The normalized spacial score (nSPS) is 11.3. The van der Waals surface area contributed by atoms with Gasteiger partial charge in [-0.15, -0.1) is 11.3 Å². The van der Waals surface area contributed by atoms with Crippen molar-refractivity contribution in [3.63, 3.8) is 0 Å². The largest absolute Gasteiger partial charge is 0.482 e. The maximum Gasteiger partial charge on any atom is 0.344 e. The maximum atomic E-state index is 12.6. The van der Waals surface area contributed by atoms with Gasteiger partial charge >= 0.3 is 5.97 Å². The molecule has 3 rings (SSSR count). The maximum absolute atomic E-state index is 12.6. The van der Waals surface area contributed by atoms with Gasteiger partial charge in [0.15, 0.2) is 13.2 Å². The molecule has 0 atom stereocenters. The van der Waals surface area contributed by atoms with E-state index in [2.05, 4.69) is 0 Å². The molecule has 0 aliphatic rings. The predicted molar refractivity (Wildman–Crippen MR) is 127 cm³/mol. The van der Waals surface area contributed by atoms with Gasteiger partial charge in [-0.3, -0.25) is 9.10 Å². The first-order valence-corrected chi connectivity index (χ1v) is 12.6. The molecule has 0 fully saturated rings. The summed E-state index contributed by atoms with van der Waals surface area (Å²) in [6, 6.07) is 11.3.